The maximum absolute atomic E-state index is 13.3. The number of halogens is 1. The first-order valence-electron chi connectivity index (χ1n) is 5.81. The van der Waals surface area contributed by atoms with Crippen LogP contribution >= 0.6 is 0 Å². The van der Waals surface area contributed by atoms with Crippen LogP contribution in [0.5, 0.6) is 0 Å². The number of carbonyl (C=O) groups is 2. The number of nitro benzene ring substituents is 1. The SMILES string of the molecule is CCC(CNC(=O)c1ccc([N+](=O)[O-])c(F)c1)C(=O)O. The van der Waals surface area contributed by atoms with Crippen molar-refractivity contribution < 1.29 is 24.0 Å². The summed E-state index contributed by atoms with van der Waals surface area (Å²) in [6, 6.07) is 2.74. The summed E-state index contributed by atoms with van der Waals surface area (Å²) >= 11 is 0. The molecule has 0 saturated carbocycles. The molecule has 1 aromatic carbocycles. The van der Waals surface area contributed by atoms with Gasteiger partial charge in [0, 0.05) is 18.2 Å². The number of benzene rings is 1. The van der Waals surface area contributed by atoms with Gasteiger partial charge in [0.15, 0.2) is 0 Å². The Morgan fingerprint density at radius 1 is 1.50 bits per heavy atom. The highest BCUT2D eigenvalue weighted by Gasteiger charge is 2.19. The van der Waals surface area contributed by atoms with Crippen molar-refractivity contribution in [3.63, 3.8) is 0 Å². The lowest BCUT2D eigenvalue weighted by molar-refractivity contribution is -0.387. The van der Waals surface area contributed by atoms with Crippen molar-refractivity contribution in [3.05, 3.63) is 39.7 Å². The number of nitrogens with zero attached hydrogens (tertiary/aromatic N) is 1. The van der Waals surface area contributed by atoms with Gasteiger partial charge in [-0.15, -0.1) is 0 Å². The molecule has 0 heterocycles. The summed E-state index contributed by atoms with van der Waals surface area (Å²) in [5.41, 5.74) is -0.827. The fraction of sp³-hybridized carbons (Fsp3) is 0.333. The topological polar surface area (TPSA) is 110 Å². The van der Waals surface area contributed by atoms with E-state index in [2.05, 4.69) is 5.32 Å². The van der Waals surface area contributed by atoms with Crippen LogP contribution in [0.15, 0.2) is 18.2 Å². The summed E-state index contributed by atoms with van der Waals surface area (Å²) in [6.07, 6.45) is 0.338. The fourth-order valence-electron chi connectivity index (χ4n) is 1.52. The number of rotatable bonds is 6. The predicted octanol–water partition coefficient (Wildman–Crippen LogP) is 1.57. The summed E-state index contributed by atoms with van der Waals surface area (Å²) in [6.45, 7) is 1.57. The second-order valence-electron chi connectivity index (χ2n) is 4.08. The summed E-state index contributed by atoms with van der Waals surface area (Å²) in [7, 11) is 0. The van der Waals surface area contributed by atoms with Gasteiger partial charge in [-0.05, 0) is 18.6 Å². The maximum Gasteiger partial charge on any atom is 0.308 e. The second kappa shape index (κ2) is 6.60. The lowest BCUT2D eigenvalue weighted by atomic mass is 10.1. The van der Waals surface area contributed by atoms with E-state index in [9.17, 15) is 24.1 Å². The molecule has 1 rings (SSSR count). The van der Waals surface area contributed by atoms with E-state index in [1.807, 2.05) is 0 Å². The number of carboxylic acids is 1. The third kappa shape index (κ3) is 3.74. The smallest absolute Gasteiger partial charge is 0.308 e. The highest BCUT2D eigenvalue weighted by Crippen LogP contribution is 2.17. The van der Waals surface area contributed by atoms with Gasteiger partial charge in [-0.25, -0.2) is 0 Å². The molecule has 0 aromatic heterocycles. The number of amides is 1. The molecular weight excluding hydrogens is 271 g/mol. The molecular formula is C12H13FN2O5. The summed E-state index contributed by atoms with van der Waals surface area (Å²) in [5, 5.41) is 21.6. The standard InChI is InChI=1S/C12H13FN2O5/c1-2-7(12(17)18)6-14-11(16)8-3-4-10(15(19)20)9(13)5-8/h3-5,7H,2,6H2,1H3,(H,14,16)(H,17,18). The Labute approximate surface area is 113 Å². The molecule has 1 aromatic rings. The minimum atomic E-state index is -1.12. The molecule has 2 N–H and O–H groups in total. The molecule has 0 aliphatic rings. The zero-order chi connectivity index (χ0) is 15.3. The Morgan fingerprint density at radius 2 is 2.15 bits per heavy atom. The predicted molar refractivity (Wildman–Crippen MR) is 66.8 cm³/mol. The summed E-state index contributed by atoms with van der Waals surface area (Å²) in [5.74, 6) is -3.57. The van der Waals surface area contributed by atoms with Crippen LogP contribution in [0.25, 0.3) is 0 Å². The zero-order valence-electron chi connectivity index (χ0n) is 10.6. The summed E-state index contributed by atoms with van der Waals surface area (Å²) in [4.78, 5) is 32.0. The van der Waals surface area contributed by atoms with E-state index in [4.69, 9.17) is 5.11 Å². The maximum atomic E-state index is 13.3. The van der Waals surface area contributed by atoms with E-state index in [1.165, 1.54) is 0 Å². The molecule has 1 amide bonds. The molecule has 8 heteroatoms. The second-order valence-corrected chi connectivity index (χ2v) is 4.08. The molecule has 0 bridgehead atoms. The van der Waals surface area contributed by atoms with Gasteiger partial charge < -0.3 is 10.4 Å². The molecule has 1 atom stereocenters. The third-order valence-electron chi connectivity index (χ3n) is 2.76. The molecule has 20 heavy (non-hydrogen) atoms. The Kier molecular flexibility index (Phi) is 5.13. The quantitative estimate of drug-likeness (QED) is 0.608. The first-order valence-corrected chi connectivity index (χ1v) is 5.81. The molecule has 0 saturated heterocycles. The molecule has 7 nitrogen and oxygen atoms in total. The monoisotopic (exact) mass is 284 g/mol. The first kappa shape index (κ1) is 15.5. The van der Waals surface area contributed by atoms with E-state index >= 15 is 0 Å². The van der Waals surface area contributed by atoms with Crippen LogP contribution in [-0.4, -0.2) is 28.5 Å². The average molecular weight is 284 g/mol. The average Bonchev–Trinajstić information content (AvgIpc) is 2.38. The lowest BCUT2D eigenvalue weighted by Crippen LogP contribution is -2.32. The van der Waals surface area contributed by atoms with Gasteiger partial charge in [0.25, 0.3) is 5.91 Å². The number of nitrogens with one attached hydrogen (secondary N) is 1. The van der Waals surface area contributed by atoms with E-state index in [0.29, 0.717) is 6.42 Å². The van der Waals surface area contributed by atoms with Crippen molar-refractivity contribution >= 4 is 17.6 Å². The Bertz CT molecular complexity index is 547. The highest BCUT2D eigenvalue weighted by atomic mass is 19.1. The van der Waals surface area contributed by atoms with E-state index in [-0.39, 0.29) is 12.1 Å². The highest BCUT2D eigenvalue weighted by molar-refractivity contribution is 5.94. The van der Waals surface area contributed by atoms with Crippen LogP contribution in [0.4, 0.5) is 10.1 Å². The van der Waals surface area contributed by atoms with Crippen molar-refractivity contribution in [1.29, 1.82) is 0 Å². The number of hydrogen-bond acceptors (Lipinski definition) is 4. The Balaban J connectivity index is 2.76. The summed E-state index contributed by atoms with van der Waals surface area (Å²) < 4.78 is 13.3. The Morgan fingerprint density at radius 3 is 2.60 bits per heavy atom. The molecule has 0 radical (unpaired) electrons. The largest absolute Gasteiger partial charge is 0.481 e. The molecule has 0 spiro atoms. The van der Waals surface area contributed by atoms with Crippen LogP contribution in [0, 0.1) is 21.8 Å². The molecule has 1 unspecified atom stereocenters. The van der Waals surface area contributed by atoms with Crippen molar-refractivity contribution in [2.45, 2.75) is 13.3 Å². The normalized spacial score (nSPS) is 11.7. The molecule has 108 valence electrons. The van der Waals surface area contributed by atoms with Gasteiger partial charge in [-0.1, -0.05) is 6.92 Å². The number of nitro groups is 1. The van der Waals surface area contributed by atoms with Crippen LogP contribution in [0.1, 0.15) is 23.7 Å². The number of aliphatic carboxylic acids is 1. The van der Waals surface area contributed by atoms with Gasteiger partial charge in [0.1, 0.15) is 0 Å². The zero-order valence-corrected chi connectivity index (χ0v) is 10.6. The van der Waals surface area contributed by atoms with Gasteiger partial charge in [0.05, 0.1) is 10.8 Å². The number of hydrogen-bond donors (Lipinski definition) is 2. The molecule has 0 fully saturated rings. The Hall–Kier alpha value is -2.51. The minimum absolute atomic E-state index is 0.0940. The third-order valence-corrected chi connectivity index (χ3v) is 2.76. The fourth-order valence-corrected chi connectivity index (χ4v) is 1.52. The number of carbonyl (C=O) groups excluding carboxylic acids is 1. The van der Waals surface area contributed by atoms with Crippen LogP contribution in [-0.2, 0) is 4.79 Å². The van der Waals surface area contributed by atoms with E-state index < -0.39 is 34.2 Å². The van der Waals surface area contributed by atoms with Gasteiger partial charge in [-0.2, -0.15) is 4.39 Å². The minimum Gasteiger partial charge on any atom is -0.481 e. The lowest BCUT2D eigenvalue weighted by Gasteiger charge is -2.11. The first-order chi connectivity index (χ1) is 9.36. The van der Waals surface area contributed by atoms with Crippen molar-refractivity contribution in [3.8, 4) is 0 Å². The van der Waals surface area contributed by atoms with Crippen molar-refractivity contribution in [1.82, 2.24) is 5.32 Å². The van der Waals surface area contributed by atoms with Crippen LogP contribution in [0.3, 0.4) is 0 Å². The van der Waals surface area contributed by atoms with Gasteiger partial charge >= 0.3 is 11.7 Å². The van der Waals surface area contributed by atoms with Crippen molar-refractivity contribution in [2.24, 2.45) is 5.92 Å². The van der Waals surface area contributed by atoms with Crippen LogP contribution < -0.4 is 5.32 Å². The van der Waals surface area contributed by atoms with Gasteiger partial charge in [-0.3, -0.25) is 19.7 Å². The molecule has 0 aliphatic carbocycles. The van der Waals surface area contributed by atoms with Gasteiger partial charge in [0.2, 0.25) is 5.82 Å². The van der Waals surface area contributed by atoms with E-state index in [1.54, 1.807) is 6.92 Å². The van der Waals surface area contributed by atoms with E-state index in [0.717, 1.165) is 18.2 Å². The molecule has 0 aliphatic heterocycles. The van der Waals surface area contributed by atoms with Crippen molar-refractivity contribution in [2.75, 3.05) is 6.54 Å². The van der Waals surface area contributed by atoms with Crippen LogP contribution in [0.2, 0.25) is 0 Å². The number of carboxylic acid groups (broad SMARTS) is 1.